The summed E-state index contributed by atoms with van der Waals surface area (Å²) in [6, 6.07) is 2.81. The highest BCUT2D eigenvalue weighted by atomic mass is 79.9. The van der Waals surface area contributed by atoms with Gasteiger partial charge in [-0.05, 0) is 62.5 Å². The number of hydrogen-bond acceptors (Lipinski definition) is 2. The van der Waals surface area contributed by atoms with Crippen LogP contribution in [-0.2, 0) is 0 Å². The summed E-state index contributed by atoms with van der Waals surface area (Å²) in [6.07, 6.45) is 8.66. The molecule has 1 aliphatic rings. The van der Waals surface area contributed by atoms with Gasteiger partial charge in [0, 0.05) is 17.8 Å². The van der Waals surface area contributed by atoms with E-state index in [2.05, 4.69) is 59.6 Å². The van der Waals surface area contributed by atoms with Gasteiger partial charge in [-0.3, -0.25) is 4.98 Å². The van der Waals surface area contributed by atoms with Gasteiger partial charge < -0.3 is 4.90 Å². The highest BCUT2D eigenvalue weighted by molar-refractivity contribution is 9.10. The second-order valence-electron chi connectivity index (χ2n) is 6.56. The Bertz CT molecular complexity index is 431. The van der Waals surface area contributed by atoms with Gasteiger partial charge in [-0.2, -0.15) is 0 Å². The van der Waals surface area contributed by atoms with Crippen LogP contribution in [0.3, 0.4) is 0 Å². The Morgan fingerprint density at radius 1 is 1.21 bits per heavy atom. The minimum atomic E-state index is 0.137. The zero-order valence-corrected chi connectivity index (χ0v) is 14.1. The number of halogens is 1. The molecule has 1 aromatic heterocycles. The monoisotopic (exact) mass is 324 g/mol. The normalized spacial score (nSPS) is 17.5. The van der Waals surface area contributed by atoms with Crippen molar-refractivity contribution in [1.29, 1.82) is 0 Å². The summed E-state index contributed by atoms with van der Waals surface area (Å²) in [4.78, 5) is 6.98. The van der Waals surface area contributed by atoms with Crippen LogP contribution in [-0.4, -0.2) is 16.6 Å². The molecule has 0 N–H and O–H groups in total. The van der Waals surface area contributed by atoms with Gasteiger partial charge in [-0.25, -0.2) is 0 Å². The number of nitrogens with zero attached hydrogens (tertiary/aromatic N) is 2. The van der Waals surface area contributed by atoms with Gasteiger partial charge >= 0.3 is 0 Å². The first-order valence-corrected chi connectivity index (χ1v) is 8.11. The second-order valence-corrected chi connectivity index (χ2v) is 7.36. The van der Waals surface area contributed by atoms with Crippen LogP contribution in [0.2, 0.25) is 0 Å². The minimum absolute atomic E-state index is 0.137. The van der Waals surface area contributed by atoms with Crippen LogP contribution in [0.1, 0.15) is 58.6 Å². The Balaban J connectivity index is 2.40. The Morgan fingerprint density at radius 2 is 1.84 bits per heavy atom. The molecular weight excluding hydrogens is 300 g/mol. The molecule has 0 spiro atoms. The number of aromatic nitrogens is 1. The molecule has 2 rings (SSSR count). The molecule has 3 heteroatoms. The highest BCUT2D eigenvalue weighted by Gasteiger charge is 2.31. The molecule has 0 atom stereocenters. The zero-order valence-electron chi connectivity index (χ0n) is 12.5. The summed E-state index contributed by atoms with van der Waals surface area (Å²) in [7, 11) is 0. The minimum Gasteiger partial charge on any atom is -0.363 e. The van der Waals surface area contributed by atoms with Crippen LogP contribution in [0.25, 0.3) is 0 Å². The van der Waals surface area contributed by atoms with E-state index >= 15 is 0 Å². The van der Waals surface area contributed by atoms with Crippen molar-refractivity contribution in [2.45, 2.75) is 71.4 Å². The molecule has 1 aliphatic carbocycles. The van der Waals surface area contributed by atoms with Crippen molar-refractivity contribution in [2.75, 3.05) is 4.90 Å². The van der Waals surface area contributed by atoms with Crippen LogP contribution in [0, 0.1) is 6.92 Å². The van der Waals surface area contributed by atoms with E-state index in [0.717, 1.165) is 10.2 Å². The molecule has 0 aliphatic heterocycles. The molecular formula is C16H25BrN2. The Hall–Kier alpha value is -0.570. The molecule has 0 bridgehead atoms. The summed E-state index contributed by atoms with van der Waals surface area (Å²) in [5.74, 6) is 0. The molecule has 1 saturated carbocycles. The van der Waals surface area contributed by atoms with Crippen LogP contribution in [0.4, 0.5) is 5.69 Å². The third-order valence-corrected chi connectivity index (χ3v) is 4.95. The number of pyridine rings is 1. The molecule has 0 unspecified atom stereocenters. The van der Waals surface area contributed by atoms with E-state index in [1.54, 1.807) is 0 Å². The second kappa shape index (κ2) is 5.82. The van der Waals surface area contributed by atoms with Gasteiger partial charge in [-0.15, -0.1) is 0 Å². The summed E-state index contributed by atoms with van der Waals surface area (Å²) < 4.78 is 1.15. The lowest BCUT2D eigenvalue weighted by Crippen LogP contribution is -2.49. The van der Waals surface area contributed by atoms with Gasteiger partial charge in [-0.1, -0.05) is 19.3 Å². The van der Waals surface area contributed by atoms with Crippen LogP contribution in [0.5, 0.6) is 0 Å². The molecule has 2 nitrogen and oxygen atoms in total. The van der Waals surface area contributed by atoms with Gasteiger partial charge in [0.25, 0.3) is 0 Å². The van der Waals surface area contributed by atoms with E-state index < -0.39 is 0 Å². The lowest BCUT2D eigenvalue weighted by atomic mass is 9.90. The summed E-state index contributed by atoms with van der Waals surface area (Å²) in [5.41, 5.74) is 2.51. The number of hydrogen-bond donors (Lipinski definition) is 0. The topological polar surface area (TPSA) is 16.1 Å². The first-order valence-electron chi connectivity index (χ1n) is 7.31. The lowest BCUT2D eigenvalue weighted by Gasteiger charge is -2.45. The lowest BCUT2D eigenvalue weighted by molar-refractivity contribution is 0.353. The van der Waals surface area contributed by atoms with E-state index in [9.17, 15) is 0 Å². The molecule has 1 fully saturated rings. The van der Waals surface area contributed by atoms with Crippen molar-refractivity contribution in [3.05, 3.63) is 22.4 Å². The van der Waals surface area contributed by atoms with Crippen LogP contribution < -0.4 is 4.90 Å². The summed E-state index contributed by atoms with van der Waals surface area (Å²) in [5, 5.41) is 0. The third kappa shape index (κ3) is 3.31. The van der Waals surface area contributed by atoms with Gasteiger partial charge in [0.05, 0.1) is 15.9 Å². The smallest absolute Gasteiger partial charge is 0.0621 e. The molecule has 106 valence electrons. The van der Waals surface area contributed by atoms with Crippen LogP contribution >= 0.6 is 15.9 Å². The molecule has 0 amide bonds. The van der Waals surface area contributed by atoms with Crippen molar-refractivity contribution in [3.8, 4) is 0 Å². The molecule has 1 aromatic rings. The Morgan fingerprint density at radius 3 is 2.42 bits per heavy atom. The predicted molar refractivity (Wildman–Crippen MR) is 85.8 cm³/mol. The Labute approximate surface area is 125 Å². The fourth-order valence-electron chi connectivity index (χ4n) is 3.17. The van der Waals surface area contributed by atoms with E-state index in [1.165, 1.54) is 37.8 Å². The Kier molecular flexibility index (Phi) is 4.54. The average Bonchev–Trinajstić information content (AvgIpc) is 2.35. The quantitative estimate of drug-likeness (QED) is 0.753. The van der Waals surface area contributed by atoms with Crippen molar-refractivity contribution in [1.82, 2.24) is 4.98 Å². The maximum absolute atomic E-state index is 4.38. The number of rotatable bonds is 2. The predicted octanol–water partition coefficient (Wildman–Crippen LogP) is 5.09. The third-order valence-electron chi connectivity index (χ3n) is 3.97. The van der Waals surface area contributed by atoms with Crippen molar-refractivity contribution in [3.63, 3.8) is 0 Å². The maximum atomic E-state index is 4.38. The largest absolute Gasteiger partial charge is 0.363 e. The fourth-order valence-corrected chi connectivity index (χ4v) is 3.59. The van der Waals surface area contributed by atoms with E-state index in [1.807, 2.05) is 6.20 Å². The van der Waals surface area contributed by atoms with Gasteiger partial charge in [0.2, 0.25) is 0 Å². The first kappa shape index (κ1) is 14.8. The first-order chi connectivity index (χ1) is 8.91. The van der Waals surface area contributed by atoms with E-state index in [0.29, 0.717) is 6.04 Å². The van der Waals surface area contributed by atoms with Gasteiger partial charge in [0.1, 0.15) is 0 Å². The maximum Gasteiger partial charge on any atom is 0.0621 e. The summed E-state index contributed by atoms with van der Waals surface area (Å²) in [6.45, 7) is 8.99. The zero-order chi connectivity index (χ0) is 14.0. The molecule has 0 aromatic carbocycles. The fraction of sp³-hybridized carbons (Fsp3) is 0.688. The molecule has 19 heavy (non-hydrogen) atoms. The highest BCUT2D eigenvalue weighted by Crippen LogP contribution is 2.37. The SMILES string of the molecule is Cc1nccc(N(C2CCCCC2)C(C)(C)C)c1Br. The van der Waals surface area contributed by atoms with E-state index in [-0.39, 0.29) is 5.54 Å². The molecule has 0 saturated heterocycles. The van der Waals surface area contributed by atoms with Gasteiger partial charge in [0.15, 0.2) is 0 Å². The molecule has 0 radical (unpaired) electrons. The number of aryl methyl sites for hydroxylation is 1. The molecule has 1 heterocycles. The standard InChI is InChI=1S/C16H25BrN2/c1-12-15(17)14(10-11-18-12)19(16(2,3)4)13-8-6-5-7-9-13/h10-11,13H,5-9H2,1-4H3. The number of anilines is 1. The average molecular weight is 325 g/mol. The van der Waals surface area contributed by atoms with Crippen molar-refractivity contribution in [2.24, 2.45) is 0 Å². The van der Waals surface area contributed by atoms with Crippen molar-refractivity contribution < 1.29 is 0 Å². The van der Waals surface area contributed by atoms with Crippen LogP contribution in [0.15, 0.2) is 16.7 Å². The van der Waals surface area contributed by atoms with E-state index in [4.69, 9.17) is 0 Å². The van der Waals surface area contributed by atoms with Crippen molar-refractivity contribution >= 4 is 21.6 Å². The summed E-state index contributed by atoms with van der Waals surface area (Å²) >= 11 is 3.74.